The molecule has 0 spiro atoms. The number of hydrogen-bond donors (Lipinski definition) is 0. The van der Waals surface area contributed by atoms with E-state index in [2.05, 4.69) is 6.07 Å². The van der Waals surface area contributed by atoms with Gasteiger partial charge in [-0.15, -0.1) is 0 Å². The number of morpholine rings is 1. The first-order valence-electron chi connectivity index (χ1n) is 7.67. The van der Waals surface area contributed by atoms with Gasteiger partial charge in [-0.25, -0.2) is 0 Å². The second-order valence-electron chi connectivity index (χ2n) is 5.73. The van der Waals surface area contributed by atoms with Crippen LogP contribution in [0.3, 0.4) is 0 Å². The number of fused-ring (bicyclic) bond motifs is 1. The number of nitrogens with zero attached hydrogens (tertiary/aromatic N) is 4. The van der Waals surface area contributed by atoms with Gasteiger partial charge in [-0.05, 0) is 12.1 Å². The SMILES string of the molecule is CN1C(=C(C#N)C(=O)CN2CCOCC2)N(C)c2ccccc21. The van der Waals surface area contributed by atoms with Crippen molar-refractivity contribution >= 4 is 17.2 Å². The molecule has 0 N–H and O–H groups in total. The molecule has 0 atom stereocenters. The Bertz CT molecular complexity index is 655. The van der Waals surface area contributed by atoms with Crippen molar-refractivity contribution in [1.82, 2.24) is 4.90 Å². The molecule has 1 saturated heterocycles. The van der Waals surface area contributed by atoms with Crippen LogP contribution in [0.15, 0.2) is 35.7 Å². The predicted molar refractivity (Wildman–Crippen MR) is 88.2 cm³/mol. The van der Waals surface area contributed by atoms with Crippen molar-refractivity contribution in [3.63, 3.8) is 0 Å². The molecule has 0 aliphatic carbocycles. The molecule has 23 heavy (non-hydrogen) atoms. The van der Waals surface area contributed by atoms with Crippen molar-refractivity contribution < 1.29 is 9.53 Å². The van der Waals surface area contributed by atoms with Gasteiger partial charge < -0.3 is 14.5 Å². The molecule has 1 aromatic rings. The molecule has 3 rings (SSSR count). The van der Waals surface area contributed by atoms with Gasteiger partial charge in [-0.2, -0.15) is 5.26 Å². The summed E-state index contributed by atoms with van der Waals surface area (Å²) in [7, 11) is 3.77. The number of Topliss-reactive ketones (excluding diaryl/α,β-unsaturated/α-hetero) is 1. The molecular weight excluding hydrogens is 292 g/mol. The van der Waals surface area contributed by atoms with Crippen LogP contribution in [0, 0.1) is 11.3 Å². The molecule has 6 heteroatoms. The average Bonchev–Trinajstić information content (AvgIpc) is 2.82. The Morgan fingerprint density at radius 3 is 2.26 bits per heavy atom. The van der Waals surface area contributed by atoms with E-state index in [1.807, 2.05) is 53.1 Å². The van der Waals surface area contributed by atoms with E-state index in [-0.39, 0.29) is 17.9 Å². The molecule has 0 radical (unpaired) electrons. The minimum atomic E-state index is -0.143. The second-order valence-corrected chi connectivity index (χ2v) is 5.73. The summed E-state index contributed by atoms with van der Waals surface area (Å²) in [4.78, 5) is 18.5. The zero-order valence-corrected chi connectivity index (χ0v) is 13.5. The molecule has 2 aliphatic rings. The van der Waals surface area contributed by atoms with Crippen LogP contribution in [0.25, 0.3) is 0 Å². The Kier molecular flexibility index (Phi) is 4.33. The topological polar surface area (TPSA) is 59.8 Å². The number of anilines is 2. The lowest BCUT2D eigenvalue weighted by Crippen LogP contribution is -2.40. The molecule has 0 saturated carbocycles. The van der Waals surface area contributed by atoms with Crippen LogP contribution in [0.2, 0.25) is 0 Å². The summed E-state index contributed by atoms with van der Waals surface area (Å²) in [5.74, 6) is 0.503. The first kappa shape index (κ1) is 15.5. The number of hydrogen-bond acceptors (Lipinski definition) is 6. The van der Waals surface area contributed by atoms with E-state index < -0.39 is 0 Å². The number of para-hydroxylation sites is 2. The van der Waals surface area contributed by atoms with Crippen molar-refractivity contribution in [2.24, 2.45) is 0 Å². The Morgan fingerprint density at radius 1 is 1.17 bits per heavy atom. The Labute approximate surface area is 136 Å². The highest BCUT2D eigenvalue weighted by molar-refractivity contribution is 6.03. The number of carbonyl (C=O) groups is 1. The van der Waals surface area contributed by atoms with Gasteiger partial charge in [-0.3, -0.25) is 9.69 Å². The third-order valence-corrected chi connectivity index (χ3v) is 4.33. The Balaban J connectivity index is 1.89. The van der Waals surface area contributed by atoms with E-state index in [1.165, 1.54) is 0 Å². The highest BCUT2D eigenvalue weighted by Gasteiger charge is 2.31. The van der Waals surface area contributed by atoms with Gasteiger partial charge in [0.25, 0.3) is 0 Å². The molecule has 0 amide bonds. The highest BCUT2D eigenvalue weighted by Crippen LogP contribution is 2.40. The van der Waals surface area contributed by atoms with E-state index in [4.69, 9.17) is 4.74 Å². The second kappa shape index (κ2) is 6.41. The highest BCUT2D eigenvalue weighted by atomic mass is 16.5. The van der Waals surface area contributed by atoms with Crippen LogP contribution >= 0.6 is 0 Å². The quantitative estimate of drug-likeness (QED) is 0.617. The number of benzene rings is 1. The third-order valence-electron chi connectivity index (χ3n) is 4.33. The standard InChI is InChI=1S/C17H20N4O2/c1-19-14-5-3-4-6-15(14)20(2)17(19)13(11-18)16(22)12-21-7-9-23-10-8-21/h3-6H,7-10,12H2,1-2H3. The molecule has 2 heterocycles. The van der Waals surface area contributed by atoms with Crippen molar-refractivity contribution in [3.8, 4) is 6.07 Å². The monoisotopic (exact) mass is 312 g/mol. The minimum Gasteiger partial charge on any atom is -0.379 e. The number of rotatable bonds is 3. The van der Waals surface area contributed by atoms with Gasteiger partial charge >= 0.3 is 0 Å². The van der Waals surface area contributed by atoms with E-state index in [0.717, 1.165) is 24.5 Å². The lowest BCUT2D eigenvalue weighted by Gasteiger charge is -2.26. The molecule has 1 fully saturated rings. The lowest BCUT2D eigenvalue weighted by atomic mass is 10.1. The van der Waals surface area contributed by atoms with Crippen molar-refractivity contribution in [2.75, 3.05) is 56.7 Å². The molecular formula is C17H20N4O2. The summed E-state index contributed by atoms with van der Waals surface area (Å²) in [5.41, 5.74) is 2.20. The maximum Gasteiger partial charge on any atom is 0.191 e. The van der Waals surface area contributed by atoms with Crippen molar-refractivity contribution in [3.05, 3.63) is 35.7 Å². The summed E-state index contributed by atoms with van der Waals surface area (Å²) in [6.45, 7) is 2.99. The molecule has 2 aliphatic heterocycles. The fourth-order valence-corrected chi connectivity index (χ4v) is 3.10. The zero-order chi connectivity index (χ0) is 16.4. The number of ketones is 1. The summed E-state index contributed by atoms with van der Waals surface area (Å²) in [6, 6.07) is 9.99. The fourth-order valence-electron chi connectivity index (χ4n) is 3.10. The smallest absolute Gasteiger partial charge is 0.191 e. The predicted octanol–water partition coefficient (Wildman–Crippen LogP) is 1.21. The summed E-state index contributed by atoms with van der Waals surface area (Å²) in [6.07, 6.45) is 0. The zero-order valence-electron chi connectivity index (χ0n) is 13.5. The first-order chi connectivity index (χ1) is 11.1. The van der Waals surface area contributed by atoms with Gasteiger partial charge in [0, 0.05) is 27.2 Å². The molecule has 0 unspecified atom stereocenters. The van der Waals surface area contributed by atoms with Crippen LogP contribution in [0.4, 0.5) is 11.4 Å². The normalized spacial score (nSPS) is 17.9. The summed E-state index contributed by atoms with van der Waals surface area (Å²) < 4.78 is 5.30. The van der Waals surface area contributed by atoms with Crippen LogP contribution < -0.4 is 9.80 Å². The number of carbonyl (C=O) groups excluding carboxylic acids is 1. The van der Waals surface area contributed by atoms with E-state index in [1.54, 1.807) is 0 Å². The van der Waals surface area contributed by atoms with E-state index in [9.17, 15) is 10.1 Å². The Hall–Kier alpha value is -2.36. The van der Waals surface area contributed by atoms with E-state index in [0.29, 0.717) is 19.0 Å². The van der Waals surface area contributed by atoms with Gasteiger partial charge in [0.2, 0.25) is 0 Å². The number of nitriles is 1. The number of ether oxygens (including phenoxy) is 1. The Morgan fingerprint density at radius 2 is 1.74 bits per heavy atom. The molecule has 120 valence electrons. The maximum absolute atomic E-state index is 12.7. The largest absolute Gasteiger partial charge is 0.379 e. The van der Waals surface area contributed by atoms with Gasteiger partial charge in [0.05, 0.1) is 31.1 Å². The average molecular weight is 312 g/mol. The minimum absolute atomic E-state index is 0.143. The van der Waals surface area contributed by atoms with Crippen molar-refractivity contribution in [2.45, 2.75) is 0 Å². The molecule has 6 nitrogen and oxygen atoms in total. The van der Waals surface area contributed by atoms with Gasteiger partial charge in [0.1, 0.15) is 17.5 Å². The molecule has 1 aromatic carbocycles. The van der Waals surface area contributed by atoms with Crippen LogP contribution in [0.5, 0.6) is 0 Å². The van der Waals surface area contributed by atoms with Gasteiger partial charge in [-0.1, -0.05) is 12.1 Å². The van der Waals surface area contributed by atoms with Crippen LogP contribution in [-0.2, 0) is 9.53 Å². The van der Waals surface area contributed by atoms with Crippen LogP contribution in [0.1, 0.15) is 0 Å². The summed E-state index contributed by atoms with van der Waals surface area (Å²) in [5, 5.41) is 9.58. The summed E-state index contributed by atoms with van der Waals surface area (Å²) >= 11 is 0. The maximum atomic E-state index is 12.7. The first-order valence-corrected chi connectivity index (χ1v) is 7.67. The third kappa shape index (κ3) is 2.81. The van der Waals surface area contributed by atoms with Crippen LogP contribution in [-0.4, -0.2) is 57.6 Å². The fraction of sp³-hybridized carbons (Fsp3) is 0.412. The lowest BCUT2D eigenvalue weighted by molar-refractivity contribution is -0.117. The van der Waals surface area contributed by atoms with E-state index >= 15 is 0 Å². The molecule has 0 bridgehead atoms. The van der Waals surface area contributed by atoms with Crippen molar-refractivity contribution in [1.29, 1.82) is 5.26 Å². The van der Waals surface area contributed by atoms with Gasteiger partial charge in [0.15, 0.2) is 5.78 Å². The molecule has 0 aromatic heterocycles.